The Bertz CT molecular complexity index is 218. The van der Waals surface area contributed by atoms with Crippen molar-refractivity contribution in [1.82, 2.24) is 10.2 Å². The van der Waals surface area contributed by atoms with Crippen molar-refractivity contribution < 1.29 is 19.8 Å². The van der Waals surface area contributed by atoms with Crippen LogP contribution in [-0.4, -0.2) is 60.3 Å². The van der Waals surface area contributed by atoms with Crippen LogP contribution in [0.15, 0.2) is 12.2 Å². The maximum absolute atomic E-state index is 9.55. The number of hydrogen-bond acceptors (Lipinski definition) is 4. The van der Waals surface area contributed by atoms with Gasteiger partial charge in [-0.15, -0.1) is 0 Å². The van der Waals surface area contributed by atoms with Gasteiger partial charge in [0.25, 0.3) is 0 Å². The van der Waals surface area contributed by atoms with Gasteiger partial charge in [0, 0.05) is 38.3 Å². The Morgan fingerprint density at radius 1 is 1.13 bits per heavy atom. The zero-order valence-corrected chi connectivity index (χ0v) is 8.64. The van der Waals surface area contributed by atoms with Gasteiger partial charge in [0.2, 0.25) is 0 Å². The molecule has 86 valence electrons. The van der Waals surface area contributed by atoms with Gasteiger partial charge < -0.3 is 20.4 Å². The molecule has 15 heavy (non-hydrogen) atoms. The lowest BCUT2D eigenvalue weighted by atomic mass is 10.4. The summed E-state index contributed by atoms with van der Waals surface area (Å²) in [7, 11) is 2.15. The predicted molar refractivity (Wildman–Crippen MR) is 54.8 cm³/mol. The zero-order valence-electron chi connectivity index (χ0n) is 8.64. The van der Waals surface area contributed by atoms with Crippen LogP contribution in [0.1, 0.15) is 0 Å². The molecule has 0 unspecified atom stereocenters. The summed E-state index contributed by atoms with van der Waals surface area (Å²) in [4.78, 5) is 21.4. The number of aliphatic carboxylic acids is 2. The van der Waals surface area contributed by atoms with Crippen molar-refractivity contribution in [2.75, 3.05) is 33.2 Å². The van der Waals surface area contributed by atoms with Crippen LogP contribution in [0.25, 0.3) is 0 Å². The quantitative estimate of drug-likeness (QED) is 0.525. The Morgan fingerprint density at radius 3 is 1.73 bits per heavy atom. The fourth-order valence-electron chi connectivity index (χ4n) is 0.919. The highest BCUT2D eigenvalue weighted by Gasteiger charge is 2.01. The third-order valence-corrected chi connectivity index (χ3v) is 1.71. The van der Waals surface area contributed by atoms with Crippen molar-refractivity contribution in [2.24, 2.45) is 0 Å². The molecule has 0 radical (unpaired) electrons. The van der Waals surface area contributed by atoms with Gasteiger partial charge in [0.05, 0.1) is 0 Å². The van der Waals surface area contributed by atoms with E-state index in [0.717, 1.165) is 13.1 Å². The van der Waals surface area contributed by atoms with E-state index in [1.165, 1.54) is 13.1 Å². The molecule has 0 aromatic carbocycles. The average molecular weight is 216 g/mol. The summed E-state index contributed by atoms with van der Waals surface area (Å²) in [5, 5.41) is 18.9. The van der Waals surface area contributed by atoms with Gasteiger partial charge in [-0.1, -0.05) is 0 Å². The molecule has 1 rings (SSSR count). The first-order chi connectivity index (χ1) is 7.02. The number of carboxylic acids is 2. The Kier molecular flexibility index (Phi) is 7.21. The topological polar surface area (TPSA) is 89.9 Å². The van der Waals surface area contributed by atoms with Crippen molar-refractivity contribution in [3.63, 3.8) is 0 Å². The molecular weight excluding hydrogens is 200 g/mol. The summed E-state index contributed by atoms with van der Waals surface area (Å²) in [5.74, 6) is -2.51. The van der Waals surface area contributed by atoms with Crippen LogP contribution in [0.2, 0.25) is 0 Å². The summed E-state index contributed by atoms with van der Waals surface area (Å²) in [5.41, 5.74) is 0. The fourth-order valence-corrected chi connectivity index (χ4v) is 0.919. The van der Waals surface area contributed by atoms with E-state index in [1.807, 2.05) is 0 Å². The molecule has 1 saturated heterocycles. The van der Waals surface area contributed by atoms with Crippen LogP contribution < -0.4 is 5.32 Å². The van der Waals surface area contributed by atoms with Crippen LogP contribution in [0.3, 0.4) is 0 Å². The first-order valence-electron chi connectivity index (χ1n) is 4.55. The molecule has 1 aliphatic heterocycles. The van der Waals surface area contributed by atoms with E-state index in [-0.39, 0.29) is 0 Å². The molecule has 1 heterocycles. The number of nitrogens with zero attached hydrogens (tertiary/aromatic N) is 1. The lowest BCUT2D eigenvalue weighted by Crippen LogP contribution is -2.40. The molecule has 0 spiro atoms. The van der Waals surface area contributed by atoms with Gasteiger partial charge in [-0.25, -0.2) is 9.59 Å². The molecule has 0 aromatic heterocycles. The molecule has 0 amide bonds. The van der Waals surface area contributed by atoms with Gasteiger partial charge >= 0.3 is 11.9 Å². The monoisotopic (exact) mass is 216 g/mol. The minimum absolute atomic E-state index is 0.558. The molecule has 0 aromatic rings. The summed E-state index contributed by atoms with van der Waals surface area (Å²) in [6, 6.07) is 0. The maximum Gasteiger partial charge on any atom is 0.328 e. The second kappa shape index (κ2) is 7.95. The number of piperazine rings is 1. The average Bonchev–Trinajstić information content (AvgIpc) is 2.17. The van der Waals surface area contributed by atoms with Crippen molar-refractivity contribution in [2.45, 2.75) is 0 Å². The second-order valence-corrected chi connectivity index (χ2v) is 3.06. The van der Waals surface area contributed by atoms with Crippen LogP contribution >= 0.6 is 0 Å². The van der Waals surface area contributed by atoms with Crippen LogP contribution in [0.4, 0.5) is 0 Å². The lowest BCUT2D eigenvalue weighted by molar-refractivity contribution is -0.134. The van der Waals surface area contributed by atoms with Crippen molar-refractivity contribution in [1.29, 1.82) is 0 Å². The van der Waals surface area contributed by atoms with Crippen molar-refractivity contribution >= 4 is 11.9 Å². The van der Waals surface area contributed by atoms with Crippen molar-refractivity contribution in [3.05, 3.63) is 12.2 Å². The van der Waals surface area contributed by atoms with E-state index >= 15 is 0 Å². The van der Waals surface area contributed by atoms with Crippen LogP contribution in [0.5, 0.6) is 0 Å². The predicted octanol–water partition coefficient (Wildman–Crippen LogP) is -0.767. The Labute approximate surface area is 88.2 Å². The van der Waals surface area contributed by atoms with Gasteiger partial charge in [-0.05, 0) is 7.05 Å². The highest BCUT2D eigenvalue weighted by atomic mass is 16.4. The minimum atomic E-state index is -1.26. The zero-order chi connectivity index (χ0) is 11.7. The number of carboxylic acid groups (broad SMARTS) is 2. The van der Waals surface area contributed by atoms with Gasteiger partial charge in [-0.2, -0.15) is 0 Å². The Hall–Kier alpha value is -1.40. The molecule has 0 bridgehead atoms. The third kappa shape index (κ3) is 10.5. The molecule has 6 nitrogen and oxygen atoms in total. The second-order valence-electron chi connectivity index (χ2n) is 3.06. The molecular formula is C9H16N2O4. The number of likely N-dealkylation sites (N-methyl/N-ethyl adjacent to an activating group) is 1. The van der Waals surface area contributed by atoms with Gasteiger partial charge in [-0.3, -0.25) is 0 Å². The number of carbonyl (C=O) groups is 2. The number of hydrogen-bond donors (Lipinski definition) is 3. The smallest absolute Gasteiger partial charge is 0.328 e. The highest BCUT2D eigenvalue weighted by molar-refractivity contribution is 5.89. The summed E-state index contributed by atoms with van der Waals surface area (Å²) in [6.45, 7) is 4.74. The normalized spacial score (nSPS) is 16.9. The van der Waals surface area contributed by atoms with Crippen molar-refractivity contribution in [3.8, 4) is 0 Å². The van der Waals surface area contributed by atoms with Gasteiger partial charge in [0.1, 0.15) is 0 Å². The fraction of sp³-hybridized carbons (Fsp3) is 0.556. The lowest BCUT2D eigenvalue weighted by Gasteiger charge is -2.21. The molecule has 1 fully saturated rings. The molecule has 1 aliphatic rings. The van der Waals surface area contributed by atoms with E-state index in [0.29, 0.717) is 12.2 Å². The van der Waals surface area contributed by atoms with Gasteiger partial charge in [0.15, 0.2) is 0 Å². The number of nitrogens with one attached hydrogen (secondary N) is 1. The van der Waals surface area contributed by atoms with E-state index in [4.69, 9.17) is 10.2 Å². The molecule has 0 aliphatic carbocycles. The highest BCUT2D eigenvalue weighted by Crippen LogP contribution is 1.83. The minimum Gasteiger partial charge on any atom is -0.478 e. The van der Waals surface area contributed by atoms with E-state index in [1.54, 1.807) is 0 Å². The summed E-state index contributed by atoms with van der Waals surface area (Å²) in [6.07, 6.45) is 1.12. The SMILES string of the molecule is CN1CCNCC1.O=C(O)/C=C/C(=O)O. The molecule has 3 N–H and O–H groups in total. The first kappa shape index (κ1) is 13.6. The van der Waals surface area contributed by atoms with E-state index in [9.17, 15) is 9.59 Å². The Balaban J connectivity index is 0.000000262. The van der Waals surface area contributed by atoms with Crippen LogP contribution in [0, 0.1) is 0 Å². The van der Waals surface area contributed by atoms with E-state index in [2.05, 4.69) is 17.3 Å². The maximum atomic E-state index is 9.55. The number of rotatable bonds is 2. The Morgan fingerprint density at radius 2 is 1.53 bits per heavy atom. The first-order valence-corrected chi connectivity index (χ1v) is 4.55. The molecule has 0 saturated carbocycles. The molecule has 6 heteroatoms. The van der Waals surface area contributed by atoms with E-state index < -0.39 is 11.9 Å². The summed E-state index contributed by atoms with van der Waals surface area (Å²) >= 11 is 0. The van der Waals surface area contributed by atoms with Crippen LogP contribution in [-0.2, 0) is 9.59 Å². The molecule has 0 atom stereocenters. The summed E-state index contributed by atoms with van der Waals surface area (Å²) < 4.78 is 0. The standard InChI is InChI=1S/C5H12N2.C4H4O4/c1-7-4-2-6-3-5-7;5-3(6)1-2-4(7)8/h6H,2-5H2,1H3;1-2H,(H,5,6)(H,7,8)/b;2-1+. The third-order valence-electron chi connectivity index (χ3n) is 1.71. The largest absolute Gasteiger partial charge is 0.478 e.